The smallest absolute Gasteiger partial charge is 0.151 e. The molecule has 0 bridgehead atoms. The maximum absolute atomic E-state index is 11.6. The van der Waals surface area contributed by atoms with Gasteiger partial charge in [0.05, 0.1) is 11.5 Å². The van der Waals surface area contributed by atoms with E-state index in [4.69, 9.17) is 0 Å². The van der Waals surface area contributed by atoms with Crippen molar-refractivity contribution < 1.29 is 13.5 Å². The largest absolute Gasteiger partial charge is 0.508 e. The van der Waals surface area contributed by atoms with E-state index >= 15 is 0 Å². The summed E-state index contributed by atoms with van der Waals surface area (Å²) >= 11 is 0. The van der Waals surface area contributed by atoms with Gasteiger partial charge in [0, 0.05) is 35.9 Å². The fourth-order valence-electron chi connectivity index (χ4n) is 2.88. The minimum atomic E-state index is -2.90. The average Bonchev–Trinajstić information content (AvgIpc) is 2.82. The summed E-state index contributed by atoms with van der Waals surface area (Å²) in [6.45, 7) is 0.509. The van der Waals surface area contributed by atoms with Crippen molar-refractivity contribution in [3.8, 4) is 5.75 Å². The summed E-state index contributed by atoms with van der Waals surface area (Å²) in [7, 11) is -0.999. The minimum absolute atomic E-state index is 0.0151. The highest BCUT2D eigenvalue weighted by Gasteiger charge is 2.30. The lowest BCUT2D eigenvalue weighted by Crippen LogP contribution is -2.32. The Morgan fingerprint density at radius 3 is 2.90 bits per heavy atom. The molecule has 3 rings (SSSR count). The van der Waals surface area contributed by atoms with Crippen molar-refractivity contribution in [1.29, 1.82) is 0 Å². The van der Waals surface area contributed by atoms with Crippen molar-refractivity contribution in [3.63, 3.8) is 0 Å². The number of benzene rings is 1. The number of aromatic nitrogens is 1. The van der Waals surface area contributed by atoms with Gasteiger partial charge in [0.15, 0.2) is 9.84 Å². The van der Waals surface area contributed by atoms with E-state index in [1.54, 1.807) is 18.5 Å². The van der Waals surface area contributed by atoms with Gasteiger partial charge in [-0.1, -0.05) is 6.07 Å². The molecule has 0 radical (unpaired) electrons. The van der Waals surface area contributed by atoms with Crippen LogP contribution in [0.1, 0.15) is 12.0 Å². The summed E-state index contributed by atoms with van der Waals surface area (Å²) in [4.78, 5) is 6.12. The maximum atomic E-state index is 11.6. The van der Waals surface area contributed by atoms with Crippen LogP contribution in [0, 0.1) is 0 Å². The number of aromatic hydroxyl groups is 1. The van der Waals surface area contributed by atoms with Gasteiger partial charge in [-0.2, -0.15) is 0 Å². The van der Waals surface area contributed by atoms with Crippen LogP contribution in [0.2, 0.25) is 0 Å². The van der Waals surface area contributed by atoms with Crippen molar-refractivity contribution in [3.05, 3.63) is 36.2 Å². The van der Waals surface area contributed by atoms with E-state index in [0.29, 0.717) is 13.0 Å². The molecule has 6 heteroatoms. The standard InChI is InChI=1S/C15H18N2O3S/c1-17(12-5-7-21(19,20)10-12)9-14-13-8-16-6-4-11(13)2-3-15(14)18/h2-4,6,8,12,18H,5,7,9-10H2,1H3/t12-/m1/s1. The van der Waals surface area contributed by atoms with Crippen LogP contribution in [0.4, 0.5) is 0 Å². The molecule has 1 fully saturated rings. The molecule has 1 aliphatic rings. The highest BCUT2D eigenvalue weighted by Crippen LogP contribution is 2.29. The molecule has 2 heterocycles. The van der Waals surface area contributed by atoms with Crippen molar-refractivity contribution in [1.82, 2.24) is 9.88 Å². The van der Waals surface area contributed by atoms with Crippen molar-refractivity contribution >= 4 is 20.6 Å². The zero-order valence-corrected chi connectivity index (χ0v) is 12.7. The van der Waals surface area contributed by atoms with E-state index in [-0.39, 0.29) is 23.3 Å². The van der Waals surface area contributed by atoms with Crippen molar-refractivity contribution in [2.24, 2.45) is 0 Å². The van der Waals surface area contributed by atoms with Gasteiger partial charge < -0.3 is 5.11 Å². The van der Waals surface area contributed by atoms with E-state index in [0.717, 1.165) is 16.3 Å². The quantitative estimate of drug-likeness (QED) is 0.932. The first kappa shape index (κ1) is 14.3. The predicted octanol–water partition coefficient (Wildman–Crippen LogP) is 1.56. The molecule has 1 saturated heterocycles. The molecule has 1 aromatic carbocycles. The first-order valence-corrected chi connectivity index (χ1v) is 8.74. The number of rotatable bonds is 3. The lowest BCUT2D eigenvalue weighted by molar-refractivity contribution is 0.251. The monoisotopic (exact) mass is 306 g/mol. The van der Waals surface area contributed by atoms with Crippen LogP contribution in [0.3, 0.4) is 0 Å². The van der Waals surface area contributed by atoms with Crippen LogP contribution >= 0.6 is 0 Å². The number of nitrogens with zero attached hydrogens (tertiary/aromatic N) is 2. The highest BCUT2D eigenvalue weighted by molar-refractivity contribution is 7.91. The summed E-state index contributed by atoms with van der Waals surface area (Å²) in [5.74, 6) is 0.682. The molecule has 0 aliphatic carbocycles. The van der Waals surface area contributed by atoms with Gasteiger partial charge in [0.25, 0.3) is 0 Å². The lowest BCUT2D eigenvalue weighted by atomic mass is 10.0. The Morgan fingerprint density at radius 1 is 1.38 bits per heavy atom. The Kier molecular flexibility index (Phi) is 3.59. The van der Waals surface area contributed by atoms with Gasteiger partial charge in [0.2, 0.25) is 0 Å². The summed E-state index contributed by atoms with van der Waals surface area (Å²) in [6, 6.07) is 5.45. The Bertz CT molecular complexity index is 774. The van der Waals surface area contributed by atoms with Crippen LogP contribution in [-0.2, 0) is 16.4 Å². The molecular weight excluding hydrogens is 288 g/mol. The van der Waals surface area contributed by atoms with Crippen LogP contribution in [0.5, 0.6) is 5.75 Å². The van der Waals surface area contributed by atoms with Gasteiger partial charge in [-0.25, -0.2) is 8.42 Å². The third kappa shape index (κ3) is 2.87. The average molecular weight is 306 g/mol. The van der Waals surface area contributed by atoms with Crippen molar-refractivity contribution in [2.45, 2.75) is 19.0 Å². The molecule has 112 valence electrons. The third-order valence-electron chi connectivity index (χ3n) is 4.15. The van der Waals surface area contributed by atoms with Crippen molar-refractivity contribution in [2.75, 3.05) is 18.6 Å². The molecule has 1 atom stereocenters. The second-order valence-electron chi connectivity index (χ2n) is 5.63. The van der Waals surface area contributed by atoms with E-state index in [1.165, 1.54) is 0 Å². The second kappa shape index (κ2) is 5.27. The summed E-state index contributed by atoms with van der Waals surface area (Å²) < 4.78 is 23.2. The molecule has 0 unspecified atom stereocenters. The Labute approximate surface area is 124 Å². The Hall–Kier alpha value is -1.66. The van der Waals surface area contributed by atoms with E-state index in [2.05, 4.69) is 4.98 Å². The Morgan fingerprint density at radius 2 is 2.19 bits per heavy atom. The fourth-order valence-corrected chi connectivity index (χ4v) is 4.68. The number of hydrogen-bond acceptors (Lipinski definition) is 5. The predicted molar refractivity (Wildman–Crippen MR) is 81.9 cm³/mol. The molecular formula is C15H18N2O3S. The zero-order chi connectivity index (χ0) is 15.0. The number of fused-ring (bicyclic) bond motifs is 1. The van der Waals surface area contributed by atoms with E-state index in [9.17, 15) is 13.5 Å². The molecule has 2 aromatic rings. The fraction of sp³-hybridized carbons (Fsp3) is 0.400. The molecule has 0 amide bonds. The van der Waals surface area contributed by atoms with Gasteiger partial charge in [-0.3, -0.25) is 9.88 Å². The van der Waals surface area contributed by atoms with Crippen LogP contribution < -0.4 is 0 Å². The zero-order valence-electron chi connectivity index (χ0n) is 11.9. The maximum Gasteiger partial charge on any atom is 0.151 e. The normalized spacial score (nSPS) is 21.1. The number of phenolic OH excluding ortho intramolecular Hbond substituents is 1. The molecule has 1 aliphatic heterocycles. The van der Waals surface area contributed by atoms with Crippen LogP contribution in [-0.4, -0.2) is 48.0 Å². The molecule has 5 nitrogen and oxygen atoms in total. The number of phenols is 1. The van der Waals surface area contributed by atoms with Crippen LogP contribution in [0.25, 0.3) is 10.8 Å². The molecule has 0 saturated carbocycles. The van der Waals surface area contributed by atoms with E-state index in [1.807, 2.05) is 24.1 Å². The van der Waals surface area contributed by atoms with Gasteiger partial charge >= 0.3 is 0 Å². The molecule has 21 heavy (non-hydrogen) atoms. The third-order valence-corrected chi connectivity index (χ3v) is 5.90. The van der Waals surface area contributed by atoms with E-state index < -0.39 is 9.84 Å². The van der Waals surface area contributed by atoms with Crippen LogP contribution in [0.15, 0.2) is 30.6 Å². The first-order chi connectivity index (χ1) is 9.96. The topological polar surface area (TPSA) is 70.5 Å². The molecule has 0 spiro atoms. The van der Waals surface area contributed by atoms with Gasteiger partial charge in [0.1, 0.15) is 5.75 Å². The first-order valence-electron chi connectivity index (χ1n) is 6.91. The summed E-state index contributed by atoms with van der Waals surface area (Å²) in [5, 5.41) is 12.1. The lowest BCUT2D eigenvalue weighted by Gasteiger charge is -2.24. The number of hydrogen-bond donors (Lipinski definition) is 1. The SMILES string of the molecule is CN(Cc1c(O)ccc2ccncc12)[C@@H]1CCS(=O)(=O)C1. The second-order valence-corrected chi connectivity index (χ2v) is 7.86. The number of sulfone groups is 1. The van der Waals surface area contributed by atoms with Gasteiger partial charge in [-0.15, -0.1) is 0 Å². The minimum Gasteiger partial charge on any atom is -0.508 e. The highest BCUT2D eigenvalue weighted by atomic mass is 32.2. The summed E-state index contributed by atoms with van der Waals surface area (Å²) in [6.07, 6.45) is 4.11. The Balaban J connectivity index is 1.89. The van der Waals surface area contributed by atoms with Gasteiger partial charge in [-0.05, 0) is 31.0 Å². The molecule has 1 N–H and O–H groups in total. The number of pyridine rings is 1. The summed E-state index contributed by atoms with van der Waals surface area (Å²) in [5.41, 5.74) is 0.799. The molecule has 1 aromatic heterocycles.